The Kier molecular flexibility index (Phi) is 5.26. The van der Waals surface area contributed by atoms with Crippen LogP contribution in [0.5, 0.6) is 0 Å². The molecular formula is C19H27N5O. The summed E-state index contributed by atoms with van der Waals surface area (Å²) < 4.78 is 1.81. The number of nitrogens with zero attached hydrogens (tertiary/aromatic N) is 3. The maximum absolute atomic E-state index is 12.1. The minimum absolute atomic E-state index is 0.156. The second-order valence-electron chi connectivity index (χ2n) is 6.74. The molecule has 0 atom stereocenters. The summed E-state index contributed by atoms with van der Waals surface area (Å²) in [5, 5.41) is 10.1. The molecular weight excluding hydrogens is 314 g/mol. The zero-order chi connectivity index (χ0) is 17.8. The molecule has 0 bridgehead atoms. The van der Waals surface area contributed by atoms with Gasteiger partial charge in [-0.3, -0.25) is 4.68 Å². The Morgan fingerprint density at radius 2 is 1.80 bits per heavy atom. The van der Waals surface area contributed by atoms with Crippen molar-refractivity contribution in [3.8, 4) is 0 Å². The third kappa shape index (κ3) is 4.13. The molecule has 0 aliphatic carbocycles. The second kappa shape index (κ2) is 7.59. The van der Waals surface area contributed by atoms with Crippen molar-refractivity contribution < 1.29 is 4.79 Å². The average molecular weight is 341 g/mol. The molecule has 0 saturated carbocycles. The maximum atomic E-state index is 12.1. The van der Waals surface area contributed by atoms with Crippen molar-refractivity contribution in [3.05, 3.63) is 46.8 Å². The summed E-state index contributed by atoms with van der Waals surface area (Å²) in [7, 11) is 1.90. The largest absolute Gasteiger partial charge is 0.371 e. The monoisotopic (exact) mass is 341 g/mol. The fourth-order valence-electron chi connectivity index (χ4n) is 3.21. The first-order valence-electron chi connectivity index (χ1n) is 8.88. The van der Waals surface area contributed by atoms with Crippen LogP contribution < -0.4 is 15.5 Å². The zero-order valence-electron chi connectivity index (χ0n) is 15.3. The van der Waals surface area contributed by atoms with Gasteiger partial charge in [-0.25, -0.2) is 4.79 Å². The van der Waals surface area contributed by atoms with Crippen molar-refractivity contribution in [1.29, 1.82) is 0 Å². The Morgan fingerprint density at radius 1 is 1.12 bits per heavy atom. The second-order valence-corrected chi connectivity index (χ2v) is 6.74. The van der Waals surface area contributed by atoms with Crippen LogP contribution in [-0.4, -0.2) is 28.9 Å². The number of aryl methyl sites for hydroxylation is 2. The number of hydrogen-bond acceptors (Lipinski definition) is 3. The van der Waals surface area contributed by atoms with Crippen LogP contribution in [0.4, 0.5) is 10.5 Å². The van der Waals surface area contributed by atoms with Crippen LogP contribution in [0.3, 0.4) is 0 Å². The Morgan fingerprint density at radius 3 is 2.44 bits per heavy atom. The Hall–Kier alpha value is -2.50. The third-order valence-electron chi connectivity index (χ3n) is 4.90. The van der Waals surface area contributed by atoms with E-state index in [0.29, 0.717) is 13.1 Å². The standard InChI is InChI=1S/C19H27N5O/c1-14-6-7-16(18(10-14)24-8-4-5-9-24)11-20-19(25)21-12-17-13-22-23(3)15(17)2/h6-7,10,13H,4-5,8-9,11-12H2,1-3H3,(H2,20,21,25). The van der Waals surface area contributed by atoms with E-state index in [4.69, 9.17) is 0 Å². The van der Waals surface area contributed by atoms with Crippen molar-refractivity contribution in [2.75, 3.05) is 18.0 Å². The Balaban J connectivity index is 1.57. The van der Waals surface area contributed by atoms with Gasteiger partial charge >= 0.3 is 6.03 Å². The molecule has 6 heteroatoms. The number of rotatable bonds is 5. The van der Waals surface area contributed by atoms with Crippen molar-refractivity contribution in [3.63, 3.8) is 0 Å². The lowest BCUT2D eigenvalue weighted by Crippen LogP contribution is -2.35. The number of amides is 2. The van der Waals surface area contributed by atoms with Crippen LogP contribution in [0, 0.1) is 13.8 Å². The van der Waals surface area contributed by atoms with E-state index in [1.807, 2.05) is 18.7 Å². The number of aromatic nitrogens is 2. The molecule has 1 fully saturated rings. The minimum atomic E-state index is -0.156. The highest BCUT2D eigenvalue weighted by molar-refractivity contribution is 5.74. The van der Waals surface area contributed by atoms with E-state index in [9.17, 15) is 4.79 Å². The van der Waals surface area contributed by atoms with Gasteiger partial charge in [0.25, 0.3) is 0 Å². The van der Waals surface area contributed by atoms with Gasteiger partial charge in [-0.15, -0.1) is 0 Å². The number of hydrogen-bond donors (Lipinski definition) is 2. The summed E-state index contributed by atoms with van der Waals surface area (Å²) >= 11 is 0. The lowest BCUT2D eigenvalue weighted by Gasteiger charge is -2.22. The SMILES string of the molecule is Cc1ccc(CNC(=O)NCc2cnn(C)c2C)c(N2CCCC2)c1. The summed E-state index contributed by atoms with van der Waals surface area (Å²) in [5.74, 6) is 0. The molecule has 6 nitrogen and oxygen atoms in total. The van der Waals surface area contributed by atoms with E-state index in [0.717, 1.165) is 24.3 Å². The molecule has 2 amide bonds. The molecule has 0 spiro atoms. The predicted molar refractivity (Wildman–Crippen MR) is 99.6 cm³/mol. The number of urea groups is 1. The molecule has 1 aliphatic rings. The summed E-state index contributed by atoms with van der Waals surface area (Å²) in [6, 6.07) is 6.29. The number of anilines is 1. The summed E-state index contributed by atoms with van der Waals surface area (Å²) in [6.07, 6.45) is 4.28. The van der Waals surface area contributed by atoms with Crippen LogP contribution in [0.15, 0.2) is 24.4 Å². The van der Waals surface area contributed by atoms with Crippen LogP contribution in [0.1, 0.15) is 35.2 Å². The number of nitrogens with one attached hydrogen (secondary N) is 2. The van der Waals surface area contributed by atoms with E-state index in [-0.39, 0.29) is 6.03 Å². The Labute approximate surface area is 149 Å². The van der Waals surface area contributed by atoms with Gasteiger partial charge in [0.1, 0.15) is 0 Å². The van der Waals surface area contributed by atoms with Crippen molar-refractivity contribution >= 4 is 11.7 Å². The van der Waals surface area contributed by atoms with Crippen molar-refractivity contribution in [2.45, 2.75) is 39.8 Å². The number of carbonyl (C=O) groups is 1. The molecule has 2 aromatic rings. The van der Waals surface area contributed by atoms with Gasteiger partial charge in [-0.05, 0) is 43.9 Å². The molecule has 2 N–H and O–H groups in total. The van der Waals surface area contributed by atoms with Gasteiger partial charge in [0.15, 0.2) is 0 Å². The first-order chi connectivity index (χ1) is 12.0. The smallest absolute Gasteiger partial charge is 0.315 e. The van der Waals surface area contributed by atoms with E-state index >= 15 is 0 Å². The highest BCUT2D eigenvalue weighted by Gasteiger charge is 2.16. The minimum Gasteiger partial charge on any atom is -0.371 e. The van der Waals surface area contributed by atoms with Gasteiger partial charge in [0.05, 0.1) is 6.20 Å². The van der Waals surface area contributed by atoms with Crippen LogP contribution in [0.2, 0.25) is 0 Å². The summed E-state index contributed by atoms with van der Waals surface area (Å²) in [6.45, 7) is 7.32. The summed E-state index contributed by atoms with van der Waals surface area (Å²) in [5.41, 5.74) is 5.77. The van der Waals surface area contributed by atoms with Crippen LogP contribution in [0.25, 0.3) is 0 Å². The molecule has 1 saturated heterocycles. The van der Waals surface area contributed by atoms with Gasteiger partial charge in [-0.1, -0.05) is 12.1 Å². The molecule has 2 heterocycles. The van der Waals surface area contributed by atoms with Crippen LogP contribution in [-0.2, 0) is 20.1 Å². The molecule has 0 unspecified atom stereocenters. The zero-order valence-corrected chi connectivity index (χ0v) is 15.3. The van der Waals surface area contributed by atoms with E-state index in [1.165, 1.54) is 29.7 Å². The van der Waals surface area contributed by atoms with E-state index < -0.39 is 0 Å². The highest BCUT2D eigenvalue weighted by atomic mass is 16.2. The number of carbonyl (C=O) groups excluding carboxylic acids is 1. The maximum Gasteiger partial charge on any atom is 0.315 e. The van der Waals surface area contributed by atoms with Crippen molar-refractivity contribution in [2.24, 2.45) is 7.05 Å². The lowest BCUT2D eigenvalue weighted by atomic mass is 10.1. The van der Waals surface area contributed by atoms with E-state index in [1.54, 1.807) is 6.20 Å². The van der Waals surface area contributed by atoms with Gasteiger partial charge in [0.2, 0.25) is 0 Å². The van der Waals surface area contributed by atoms with E-state index in [2.05, 4.69) is 45.8 Å². The topological polar surface area (TPSA) is 62.2 Å². The molecule has 3 rings (SSSR count). The van der Waals surface area contributed by atoms with Gasteiger partial charge in [0, 0.05) is 50.2 Å². The highest BCUT2D eigenvalue weighted by Crippen LogP contribution is 2.25. The fourth-order valence-corrected chi connectivity index (χ4v) is 3.21. The molecule has 1 aromatic carbocycles. The van der Waals surface area contributed by atoms with Gasteiger partial charge in [-0.2, -0.15) is 5.10 Å². The fraction of sp³-hybridized carbons (Fsp3) is 0.474. The molecule has 1 aliphatic heterocycles. The molecule has 0 radical (unpaired) electrons. The Bertz CT molecular complexity index is 746. The first kappa shape index (κ1) is 17.3. The predicted octanol–water partition coefficient (Wildman–Crippen LogP) is 2.64. The average Bonchev–Trinajstić information content (AvgIpc) is 3.24. The normalized spacial score (nSPS) is 14.0. The molecule has 25 heavy (non-hydrogen) atoms. The first-order valence-corrected chi connectivity index (χ1v) is 8.88. The van der Waals surface area contributed by atoms with Gasteiger partial charge < -0.3 is 15.5 Å². The molecule has 134 valence electrons. The number of benzene rings is 1. The van der Waals surface area contributed by atoms with Crippen LogP contribution >= 0.6 is 0 Å². The third-order valence-corrected chi connectivity index (χ3v) is 4.90. The summed E-state index contributed by atoms with van der Waals surface area (Å²) in [4.78, 5) is 14.6. The molecule has 1 aromatic heterocycles. The van der Waals surface area contributed by atoms with Crippen molar-refractivity contribution in [1.82, 2.24) is 20.4 Å². The lowest BCUT2D eigenvalue weighted by molar-refractivity contribution is 0.240. The quantitative estimate of drug-likeness (QED) is 0.879.